The Hall–Kier alpha value is -4.33. The number of nitrogens with two attached hydrogens (primary N) is 1. The predicted molar refractivity (Wildman–Crippen MR) is 154 cm³/mol. The first-order valence-electron chi connectivity index (χ1n) is 13.3. The van der Waals surface area contributed by atoms with Crippen molar-refractivity contribution < 1.29 is 14.3 Å². The molecule has 0 saturated heterocycles. The number of anilines is 1. The molecule has 0 radical (unpaired) electrons. The number of ether oxygens (including phenoxy) is 1. The van der Waals surface area contributed by atoms with Crippen LogP contribution >= 0.6 is 0 Å². The van der Waals surface area contributed by atoms with Crippen LogP contribution in [0.15, 0.2) is 83.9 Å². The molecule has 0 fully saturated rings. The van der Waals surface area contributed by atoms with Gasteiger partial charge in [0.25, 0.3) is 5.91 Å². The van der Waals surface area contributed by atoms with E-state index in [1.165, 1.54) is 5.56 Å². The summed E-state index contributed by atoms with van der Waals surface area (Å²) in [6, 6.07) is 24.8. The molecule has 0 aromatic heterocycles. The number of guanidine groups is 1. The summed E-state index contributed by atoms with van der Waals surface area (Å²) in [6.45, 7) is 4.92. The largest absolute Gasteiger partial charge is 0.497 e. The van der Waals surface area contributed by atoms with E-state index >= 15 is 0 Å². The number of carbonyl (C=O) groups is 2. The van der Waals surface area contributed by atoms with E-state index in [4.69, 9.17) is 15.5 Å². The van der Waals surface area contributed by atoms with Crippen molar-refractivity contribution in [1.29, 1.82) is 0 Å². The molecular weight excluding hydrogens is 490 g/mol. The van der Waals surface area contributed by atoms with Gasteiger partial charge in [0, 0.05) is 18.3 Å². The van der Waals surface area contributed by atoms with Crippen LogP contribution in [-0.2, 0) is 24.3 Å². The first kappa shape index (κ1) is 27.7. The van der Waals surface area contributed by atoms with Gasteiger partial charge in [0.05, 0.1) is 13.7 Å². The van der Waals surface area contributed by atoms with Gasteiger partial charge in [-0.3, -0.25) is 9.69 Å². The number of nitrogens with zero attached hydrogens (tertiary/aromatic N) is 2. The Morgan fingerprint density at radius 3 is 2.41 bits per heavy atom. The summed E-state index contributed by atoms with van der Waals surface area (Å²) in [6.07, 6.45) is 2.03. The molecule has 0 bridgehead atoms. The molecule has 3 aromatic carbocycles. The lowest BCUT2D eigenvalue weighted by atomic mass is 9.83. The number of urea groups is 1. The topological polar surface area (TPSA) is 109 Å². The number of methoxy groups -OCH3 is 1. The average Bonchev–Trinajstić information content (AvgIpc) is 3.16. The van der Waals surface area contributed by atoms with Gasteiger partial charge in [-0.2, -0.15) is 0 Å². The Morgan fingerprint density at radius 2 is 1.72 bits per heavy atom. The van der Waals surface area contributed by atoms with Crippen molar-refractivity contribution >= 4 is 23.6 Å². The van der Waals surface area contributed by atoms with Gasteiger partial charge in [0.1, 0.15) is 11.3 Å². The number of aryl methyl sites for hydroxylation is 1. The first-order chi connectivity index (χ1) is 18.8. The first-order valence-corrected chi connectivity index (χ1v) is 13.3. The third kappa shape index (κ3) is 7.16. The van der Waals surface area contributed by atoms with Gasteiger partial charge in [-0.1, -0.05) is 74.5 Å². The molecule has 8 heteroatoms. The van der Waals surface area contributed by atoms with Crippen LogP contribution in [0.4, 0.5) is 10.5 Å². The highest BCUT2D eigenvalue weighted by Gasteiger charge is 2.47. The van der Waals surface area contributed by atoms with E-state index in [1.807, 2.05) is 54.6 Å². The molecule has 1 aliphatic heterocycles. The summed E-state index contributed by atoms with van der Waals surface area (Å²) in [5.41, 5.74) is 9.19. The van der Waals surface area contributed by atoms with Gasteiger partial charge in [-0.15, -0.1) is 0 Å². The number of carbonyl (C=O) groups excluding carboxylic acids is 2. The van der Waals surface area contributed by atoms with Crippen molar-refractivity contribution in [2.75, 3.05) is 12.4 Å². The molecule has 0 saturated carbocycles. The molecule has 1 atom stereocenters. The van der Waals surface area contributed by atoms with Crippen molar-refractivity contribution in [2.24, 2.45) is 16.6 Å². The molecule has 204 valence electrons. The van der Waals surface area contributed by atoms with E-state index in [-0.39, 0.29) is 17.9 Å². The lowest BCUT2D eigenvalue weighted by Crippen LogP contribution is -2.44. The zero-order valence-electron chi connectivity index (χ0n) is 22.8. The molecule has 8 nitrogen and oxygen atoms in total. The number of aliphatic imine (C=N–C) groups is 1. The molecule has 4 rings (SSSR count). The minimum Gasteiger partial charge on any atom is -0.497 e. The number of benzene rings is 3. The maximum absolute atomic E-state index is 13.7. The van der Waals surface area contributed by atoms with E-state index < -0.39 is 5.54 Å². The quantitative estimate of drug-likeness (QED) is 0.323. The van der Waals surface area contributed by atoms with E-state index in [0.717, 1.165) is 17.5 Å². The van der Waals surface area contributed by atoms with Crippen LogP contribution in [0, 0.1) is 5.92 Å². The highest BCUT2D eigenvalue weighted by molar-refractivity contribution is 6.06. The fourth-order valence-corrected chi connectivity index (χ4v) is 4.91. The fraction of sp³-hybridized carbons (Fsp3) is 0.323. The second-order valence-electron chi connectivity index (χ2n) is 10.3. The predicted octanol–water partition coefficient (Wildman–Crippen LogP) is 5.09. The number of hydrogen-bond acceptors (Lipinski definition) is 5. The van der Waals surface area contributed by atoms with Crippen LogP contribution in [0.5, 0.6) is 5.75 Å². The van der Waals surface area contributed by atoms with E-state index in [1.54, 1.807) is 24.1 Å². The maximum Gasteiger partial charge on any atom is 0.319 e. The minimum atomic E-state index is -0.839. The summed E-state index contributed by atoms with van der Waals surface area (Å²) in [4.78, 5) is 32.4. The van der Waals surface area contributed by atoms with Crippen LogP contribution in [0.2, 0.25) is 0 Å². The van der Waals surface area contributed by atoms with Gasteiger partial charge in [0.2, 0.25) is 0 Å². The highest BCUT2D eigenvalue weighted by Crippen LogP contribution is 2.34. The summed E-state index contributed by atoms with van der Waals surface area (Å²) >= 11 is 0. The van der Waals surface area contributed by atoms with Gasteiger partial charge >= 0.3 is 6.03 Å². The second kappa shape index (κ2) is 12.5. The molecular formula is C31H37N5O3. The zero-order chi connectivity index (χ0) is 27.8. The molecule has 0 aliphatic carbocycles. The monoisotopic (exact) mass is 527 g/mol. The molecule has 3 amide bonds. The van der Waals surface area contributed by atoms with Gasteiger partial charge in [-0.05, 0) is 54.0 Å². The second-order valence-corrected chi connectivity index (χ2v) is 10.3. The molecule has 0 spiro atoms. The Bertz CT molecular complexity index is 1310. The summed E-state index contributed by atoms with van der Waals surface area (Å²) in [5.74, 6) is 1.20. The van der Waals surface area contributed by atoms with Crippen molar-refractivity contribution in [3.05, 3.63) is 95.6 Å². The van der Waals surface area contributed by atoms with Crippen molar-refractivity contribution in [3.63, 3.8) is 0 Å². The van der Waals surface area contributed by atoms with E-state index in [0.29, 0.717) is 43.3 Å². The molecule has 1 aliphatic rings. The minimum absolute atomic E-state index is 0.0374. The van der Waals surface area contributed by atoms with Crippen LogP contribution in [-0.4, -0.2) is 35.4 Å². The van der Waals surface area contributed by atoms with E-state index in [2.05, 4.69) is 36.6 Å². The van der Waals surface area contributed by atoms with Crippen LogP contribution in [0.1, 0.15) is 43.4 Å². The number of amides is 3. The zero-order valence-corrected chi connectivity index (χ0v) is 22.8. The molecule has 1 heterocycles. The maximum atomic E-state index is 13.7. The number of rotatable bonds is 11. The fourth-order valence-electron chi connectivity index (χ4n) is 4.91. The van der Waals surface area contributed by atoms with E-state index in [9.17, 15) is 9.59 Å². The van der Waals surface area contributed by atoms with Crippen LogP contribution in [0.25, 0.3) is 0 Å². The molecule has 3 aromatic rings. The SMILES string of the molecule is COc1cccc(NC(=O)NCc2ccc(CN3C(=O)C(CCc4ccccc4)(CC(C)C)N=C3N)cc2)c1. The third-order valence-electron chi connectivity index (χ3n) is 6.81. The van der Waals surface area contributed by atoms with Crippen LogP contribution in [0.3, 0.4) is 0 Å². The average molecular weight is 528 g/mol. The molecule has 1 unspecified atom stereocenters. The van der Waals surface area contributed by atoms with Crippen LogP contribution < -0.4 is 21.1 Å². The Labute approximate surface area is 230 Å². The van der Waals surface area contributed by atoms with Gasteiger partial charge in [-0.25, -0.2) is 9.79 Å². The Balaban J connectivity index is 1.35. The van der Waals surface area contributed by atoms with Gasteiger partial charge in [0.15, 0.2) is 5.96 Å². The lowest BCUT2D eigenvalue weighted by Gasteiger charge is -2.28. The molecule has 39 heavy (non-hydrogen) atoms. The third-order valence-corrected chi connectivity index (χ3v) is 6.81. The molecule has 4 N–H and O–H groups in total. The normalized spacial score (nSPS) is 16.8. The number of hydrogen-bond donors (Lipinski definition) is 3. The Kier molecular flexibility index (Phi) is 8.86. The standard InChI is InChI=1S/C31H37N5O3/c1-22(2)19-31(17-16-23-8-5-4-6-9-23)28(37)36(29(32)35-31)21-25-14-12-24(13-15-25)20-33-30(38)34-26-10-7-11-27(18-26)39-3/h4-15,18,22H,16-17,19-21H2,1-3H3,(H2,32,35)(H2,33,34,38). The van der Waals surface area contributed by atoms with Gasteiger partial charge < -0.3 is 21.1 Å². The lowest BCUT2D eigenvalue weighted by molar-refractivity contribution is -0.132. The smallest absolute Gasteiger partial charge is 0.319 e. The summed E-state index contributed by atoms with van der Waals surface area (Å²) in [5, 5.41) is 5.65. The highest BCUT2D eigenvalue weighted by atomic mass is 16.5. The Morgan fingerprint density at radius 1 is 1.00 bits per heavy atom. The van der Waals surface area contributed by atoms with Crippen molar-refractivity contribution in [2.45, 2.75) is 51.7 Å². The number of nitrogens with one attached hydrogen (secondary N) is 2. The van der Waals surface area contributed by atoms with Crippen molar-refractivity contribution in [1.82, 2.24) is 10.2 Å². The van der Waals surface area contributed by atoms with Crippen molar-refractivity contribution in [3.8, 4) is 5.75 Å². The summed E-state index contributed by atoms with van der Waals surface area (Å²) in [7, 11) is 1.58. The summed E-state index contributed by atoms with van der Waals surface area (Å²) < 4.78 is 5.18.